The van der Waals surface area contributed by atoms with E-state index in [1.54, 1.807) is 19.2 Å². The van der Waals surface area contributed by atoms with Gasteiger partial charge in [-0.1, -0.05) is 30.3 Å². The van der Waals surface area contributed by atoms with Crippen molar-refractivity contribution < 1.29 is 14.6 Å². The molecule has 0 aliphatic carbocycles. The van der Waals surface area contributed by atoms with Gasteiger partial charge in [-0.2, -0.15) is 0 Å². The van der Waals surface area contributed by atoms with Crippen molar-refractivity contribution in [3.63, 3.8) is 0 Å². The molecule has 0 aliphatic heterocycles. The number of rotatable bonds is 4. The van der Waals surface area contributed by atoms with Crippen molar-refractivity contribution in [2.45, 2.75) is 0 Å². The zero-order valence-corrected chi connectivity index (χ0v) is 9.68. The maximum Gasteiger partial charge on any atom is 0.355 e. The van der Waals surface area contributed by atoms with Gasteiger partial charge in [0.25, 0.3) is 0 Å². The molecule has 0 saturated heterocycles. The van der Waals surface area contributed by atoms with Gasteiger partial charge in [-0.15, -0.1) is 0 Å². The summed E-state index contributed by atoms with van der Waals surface area (Å²) in [6.45, 7) is 0. The molecule has 0 radical (unpaired) electrons. The van der Waals surface area contributed by atoms with E-state index in [0.29, 0.717) is 5.71 Å². The Bertz CT molecular complexity index is 464. The van der Waals surface area contributed by atoms with Gasteiger partial charge < -0.3 is 15.6 Å². The lowest BCUT2D eigenvalue weighted by Crippen LogP contribution is -2.20. The van der Waals surface area contributed by atoms with Crippen molar-refractivity contribution in [2.75, 3.05) is 14.2 Å². The number of aliphatic carboxylic acids is 1. The molecule has 5 nitrogen and oxygen atoms in total. The van der Waals surface area contributed by atoms with Gasteiger partial charge in [-0.3, -0.25) is 4.99 Å². The molecular formula is C12H14N2O3. The Kier molecular flexibility index (Phi) is 4.28. The van der Waals surface area contributed by atoms with Crippen molar-refractivity contribution in [1.82, 2.24) is 0 Å². The summed E-state index contributed by atoms with van der Waals surface area (Å²) in [5.41, 5.74) is 6.25. The Hall–Kier alpha value is -2.30. The van der Waals surface area contributed by atoms with Crippen LogP contribution in [0.2, 0.25) is 0 Å². The van der Waals surface area contributed by atoms with Gasteiger partial charge in [-0.05, 0) is 0 Å². The van der Waals surface area contributed by atoms with Crippen LogP contribution in [0.25, 0.3) is 0 Å². The zero-order valence-electron chi connectivity index (χ0n) is 9.68. The molecule has 17 heavy (non-hydrogen) atoms. The Morgan fingerprint density at radius 1 is 1.35 bits per heavy atom. The Labute approximate surface area is 99.2 Å². The highest BCUT2D eigenvalue weighted by Crippen LogP contribution is 2.12. The SMILES string of the molecule is CN=C(C(OC)=C(N)C(=O)O)c1ccccc1. The molecule has 1 aromatic carbocycles. The maximum atomic E-state index is 10.8. The molecule has 0 spiro atoms. The first kappa shape index (κ1) is 12.8. The van der Waals surface area contributed by atoms with Crippen LogP contribution < -0.4 is 5.73 Å². The number of aliphatic imine (C=N–C) groups is 1. The minimum Gasteiger partial charge on any atom is -0.492 e. The van der Waals surface area contributed by atoms with E-state index in [4.69, 9.17) is 15.6 Å². The van der Waals surface area contributed by atoms with Gasteiger partial charge in [-0.25, -0.2) is 4.79 Å². The summed E-state index contributed by atoms with van der Waals surface area (Å²) in [6, 6.07) is 9.11. The highest BCUT2D eigenvalue weighted by Gasteiger charge is 2.17. The second-order valence-electron chi connectivity index (χ2n) is 3.19. The molecule has 1 rings (SSSR count). The number of benzene rings is 1. The van der Waals surface area contributed by atoms with E-state index in [1.807, 2.05) is 18.2 Å². The van der Waals surface area contributed by atoms with Gasteiger partial charge >= 0.3 is 5.97 Å². The number of methoxy groups -OCH3 is 1. The predicted octanol–water partition coefficient (Wildman–Crippen LogP) is 1.01. The monoisotopic (exact) mass is 234 g/mol. The molecule has 0 saturated carbocycles. The molecule has 0 fully saturated rings. The summed E-state index contributed by atoms with van der Waals surface area (Å²) in [5, 5.41) is 8.86. The molecule has 0 aliphatic rings. The van der Waals surface area contributed by atoms with Gasteiger partial charge in [0, 0.05) is 12.6 Å². The summed E-state index contributed by atoms with van der Waals surface area (Å²) in [4.78, 5) is 14.9. The number of carbonyl (C=O) groups is 1. The first-order valence-electron chi connectivity index (χ1n) is 4.91. The number of hydrogen-bond donors (Lipinski definition) is 2. The number of carboxylic acid groups (broad SMARTS) is 1. The minimum absolute atomic E-state index is 0.0613. The van der Waals surface area contributed by atoms with Crippen molar-refractivity contribution in [2.24, 2.45) is 10.7 Å². The van der Waals surface area contributed by atoms with Crippen LogP contribution in [0, 0.1) is 0 Å². The molecular weight excluding hydrogens is 220 g/mol. The molecule has 0 aromatic heterocycles. The van der Waals surface area contributed by atoms with E-state index in [1.165, 1.54) is 7.11 Å². The largest absolute Gasteiger partial charge is 0.492 e. The van der Waals surface area contributed by atoms with Crippen LogP contribution in [0.3, 0.4) is 0 Å². The zero-order chi connectivity index (χ0) is 12.8. The fourth-order valence-corrected chi connectivity index (χ4v) is 1.39. The average Bonchev–Trinajstić information content (AvgIpc) is 2.35. The topological polar surface area (TPSA) is 84.9 Å². The standard InChI is InChI=1S/C12H14N2O3/c1-14-10(8-6-4-3-5-7-8)11(17-2)9(13)12(15)16/h3-7H,13H2,1-2H3,(H,15,16). The number of allylic oxidation sites excluding steroid dienone is 1. The van der Waals surface area contributed by atoms with Gasteiger partial charge in [0.1, 0.15) is 5.71 Å². The molecule has 0 unspecified atom stereocenters. The first-order valence-corrected chi connectivity index (χ1v) is 4.91. The average molecular weight is 234 g/mol. The normalized spacial score (nSPS) is 12.9. The van der Waals surface area contributed by atoms with Gasteiger partial charge in [0.2, 0.25) is 0 Å². The number of ether oxygens (including phenoxy) is 1. The fourth-order valence-electron chi connectivity index (χ4n) is 1.39. The van der Waals surface area contributed by atoms with E-state index in [0.717, 1.165) is 5.56 Å². The molecule has 0 heterocycles. The number of nitrogens with two attached hydrogens (primary N) is 1. The van der Waals surface area contributed by atoms with E-state index in [2.05, 4.69) is 4.99 Å². The lowest BCUT2D eigenvalue weighted by Gasteiger charge is -2.11. The maximum absolute atomic E-state index is 10.8. The summed E-state index contributed by atoms with van der Waals surface area (Å²) >= 11 is 0. The summed E-state index contributed by atoms with van der Waals surface area (Å²) in [6.07, 6.45) is 0. The van der Waals surface area contributed by atoms with E-state index in [9.17, 15) is 4.79 Å². The third-order valence-electron chi connectivity index (χ3n) is 2.17. The second kappa shape index (κ2) is 5.69. The van der Waals surface area contributed by atoms with Crippen LogP contribution in [-0.4, -0.2) is 30.9 Å². The molecule has 90 valence electrons. The van der Waals surface area contributed by atoms with Crippen LogP contribution >= 0.6 is 0 Å². The van der Waals surface area contributed by atoms with E-state index >= 15 is 0 Å². The highest BCUT2D eigenvalue weighted by molar-refractivity contribution is 6.14. The van der Waals surface area contributed by atoms with Gasteiger partial charge in [0.15, 0.2) is 11.5 Å². The van der Waals surface area contributed by atoms with Crippen molar-refractivity contribution in [3.05, 3.63) is 47.4 Å². The van der Waals surface area contributed by atoms with Crippen molar-refractivity contribution in [3.8, 4) is 0 Å². The molecule has 0 atom stereocenters. The third kappa shape index (κ3) is 2.84. The first-order chi connectivity index (χ1) is 8.11. The summed E-state index contributed by atoms with van der Waals surface area (Å²) in [5.74, 6) is -1.18. The Morgan fingerprint density at radius 2 is 1.94 bits per heavy atom. The third-order valence-corrected chi connectivity index (χ3v) is 2.17. The minimum atomic E-state index is -1.24. The molecule has 1 aromatic rings. The van der Waals surface area contributed by atoms with Crippen LogP contribution in [0.4, 0.5) is 0 Å². The molecule has 0 amide bonds. The second-order valence-corrected chi connectivity index (χ2v) is 3.19. The van der Waals surface area contributed by atoms with E-state index < -0.39 is 5.97 Å². The Balaban J connectivity index is 3.29. The number of carboxylic acids is 1. The lowest BCUT2D eigenvalue weighted by molar-refractivity contribution is -0.132. The van der Waals surface area contributed by atoms with Crippen LogP contribution in [-0.2, 0) is 9.53 Å². The lowest BCUT2D eigenvalue weighted by atomic mass is 10.1. The quantitative estimate of drug-likeness (QED) is 0.462. The molecule has 0 bridgehead atoms. The highest BCUT2D eigenvalue weighted by atomic mass is 16.5. The van der Waals surface area contributed by atoms with Crippen LogP contribution in [0.15, 0.2) is 46.8 Å². The van der Waals surface area contributed by atoms with Crippen molar-refractivity contribution in [1.29, 1.82) is 0 Å². The van der Waals surface area contributed by atoms with E-state index in [-0.39, 0.29) is 11.5 Å². The number of hydrogen-bond acceptors (Lipinski definition) is 4. The van der Waals surface area contributed by atoms with Gasteiger partial charge in [0.05, 0.1) is 7.11 Å². The summed E-state index contributed by atoms with van der Waals surface area (Å²) < 4.78 is 5.02. The molecule has 3 N–H and O–H groups in total. The van der Waals surface area contributed by atoms with Crippen molar-refractivity contribution >= 4 is 11.7 Å². The van der Waals surface area contributed by atoms with Crippen LogP contribution in [0.1, 0.15) is 5.56 Å². The molecule has 5 heteroatoms. The summed E-state index contributed by atoms with van der Waals surface area (Å²) in [7, 11) is 2.91. The Morgan fingerprint density at radius 3 is 2.35 bits per heavy atom. The fraction of sp³-hybridized carbons (Fsp3) is 0.167. The smallest absolute Gasteiger partial charge is 0.355 e. The predicted molar refractivity (Wildman–Crippen MR) is 64.8 cm³/mol. The van der Waals surface area contributed by atoms with Crippen LogP contribution in [0.5, 0.6) is 0 Å². The number of nitrogens with zero attached hydrogens (tertiary/aromatic N) is 1.